The maximum absolute atomic E-state index is 12.4. The first-order valence-electron chi connectivity index (χ1n) is 7.83. The summed E-state index contributed by atoms with van der Waals surface area (Å²) in [6, 6.07) is 14.3. The van der Waals surface area contributed by atoms with Crippen LogP contribution in [0.15, 0.2) is 53.4 Å². The molecule has 0 unspecified atom stereocenters. The summed E-state index contributed by atoms with van der Waals surface area (Å²) in [7, 11) is 0. The topological polar surface area (TPSA) is 66.4 Å². The molecule has 126 valence electrons. The fourth-order valence-corrected chi connectivity index (χ4v) is 3.24. The van der Waals surface area contributed by atoms with E-state index in [-0.39, 0.29) is 11.5 Å². The third kappa shape index (κ3) is 5.13. The molecule has 24 heavy (non-hydrogen) atoms. The van der Waals surface area contributed by atoms with Crippen LogP contribution in [-0.2, 0) is 6.42 Å². The van der Waals surface area contributed by atoms with Crippen molar-refractivity contribution < 1.29 is 14.7 Å². The molecule has 2 aromatic rings. The summed E-state index contributed by atoms with van der Waals surface area (Å²) in [5, 5.41) is 12.3. The molecule has 0 aromatic heterocycles. The Labute approximate surface area is 146 Å². The zero-order valence-electron chi connectivity index (χ0n) is 13.8. The monoisotopic (exact) mass is 343 g/mol. The number of nitrogens with one attached hydrogen (secondary N) is 1. The number of thioether (sulfide) groups is 1. The van der Waals surface area contributed by atoms with E-state index in [0.717, 1.165) is 10.5 Å². The molecule has 0 spiro atoms. The molecule has 1 amide bonds. The van der Waals surface area contributed by atoms with Gasteiger partial charge in [-0.25, -0.2) is 4.79 Å². The average Bonchev–Trinajstić information content (AvgIpc) is 2.55. The van der Waals surface area contributed by atoms with Crippen LogP contribution >= 0.6 is 11.8 Å². The fourth-order valence-electron chi connectivity index (χ4n) is 2.29. The first kappa shape index (κ1) is 18.1. The second-order valence-corrected chi connectivity index (χ2v) is 7.29. The van der Waals surface area contributed by atoms with Crippen LogP contribution in [0.1, 0.15) is 40.1 Å². The van der Waals surface area contributed by atoms with E-state index in [1.54, 1.807) is 30.0 Å². The number of carbonyl (C=O) groups is 2. The van der Waals surface area contributed by atoms with E-state index in [1.807, 2.05) is 30.3 Å². The molecule has 0 saturated carbocycles. The molecule has 4 nitrogen and oxygen atoms in total. The summed E-state index contributed by atoms with van der Waals surface area (Å²) in [4.78, 5) is 24.3. The quantitative estimate of drug-likeness (QED) is 0.749. The molecule has 2 N–H and O–H groups in total. The highest BCUT2D eigenvalue weighted by Crippen LogP contribution is 2.26. The number of carboxylic acid groups (broad SMARTS) is 1. The fraction of sp³-hybridized carbons (Fsp3) is 0.263. The second kappa shape index (κ2) is 8.55. The predicted molar refractivity (Wildman–Crippen MR) is 96.9 cm³/mol. The van der Waals surface area contributed by atoms with Crippen LogP contribution in [0.25, 0.3) is 0 Å². The summed E-state index contributed by atoms with van der Waals surface area (Å²) in [5.41, 5.74) is 1.83. The smallest absolute Gasteiger partial charge is 0.335 e. The SMILES string of the molecule is CC(C)Sc1ccccc1C(=O)NCCc1cccc(C(=O)O)c1. The third-order valence-electron chi connectivity index (χ3n) is 3.37. The standard InChI is InChI=1S/C19H21NO3S/c1-13(2)24-17-9-4-3-8-16(17)18(21)20-11-10-14-6-5-7-15(12-14)19(22)23/h3-9,12-13H,10-11H2,1-2H3,(H,20,21)(H,22,23). The molecule has 0 aliphatic heterocycles. The van der Waals surface area contributed by atoms with Gasteiger partial charge in [-0.15, -0.1) is 11.8 Å². The molecule has 2 rings (SSSR count). The van der Waals surface area contributed by atoms with Crippen LogP contribution in [0, 0.1) is 0 Å². The van der Waals surface area contributed by atoms with Crippen molar-refractivity contribution in [3.05, 3.63) is 65.2 Å². The van der Waals surface area contributed by atoms with Crippen molar-refractivity contribution in [2.24, 2.45) is 0 Å². The predicted octanol–water partition coefficient (Wildman–Crippen LogP) is 3.86. The van der Waals surface area contributed by atoms with Gasteiger partial charge in [-0.3, -0.25) is 4.79 Å². The van der Waals surface area contributed by atoms with Crippen LogP contribution in [0.3, 0.4) is 0 Å². The Kier molecular flexibility index (Phi) is 6.44. The van der Waals surface area contributed by atoms with Crippen molar-refractivity contribution in [3.63, 3.8) is 0 Å². The van der Waals surface area contributed by atoms with E-state index in [0.29, 0.717) is 23.8 Å². The van der Waals surface area contributed by atoms with Gasteiger partial charge in [0.25, 0.3) is 5.91 Å². The number of carbonyl (C=O) groups excluding carboxylic acids is 1. The second-order valence-electron chi connectivity index (χ2n) is 5.67. The lowest BCUT2D eigenvalue weighted by molar-refractivity contribution is 0.0696. The highest BCUT2D eigenvalue weighted by molar-refractivity contribution is 8.00. The third-order valence-corrected chi connectivity index (χ3v) is 4.45. The highest BCUT2D eigenvalue weighted by atomic mass is 32.2. The van der Waals surface area contributed by atoms with Crippen molar-refractivity contribution >= 4 is 23.6 Å². The summed E-state index contributed by atoms with van der Waals surface area (Å²) < 4.78 is 0. The Balaban J connectivity index is 1.97. The lowest BCUT2D eigenvalue weighted by atomic mass is 10.1. The Morgan fingerprint density at radius 1 is 1.12 bits per heavy atom. The van der Waals surface area contributed by atoms with Crippen LogP contribution < -0.4 is 5.32 Å². The molecule has 0 heterocycles. The van der Waals surface area contributed by atoms with Gasteiger partial charge in [0.15, 0.2) is 0 Å². The molecule has 0 atom stereocenters. The Morgan fingerprint density at radius 3 is 2.58 bits per heavy atom. The number of carboxylic acids is 1. The van der Waals surface area contributed by atoms with Crippen LogP contribution in [0.2, 0.25) is 0 Å². The van der Waals surface area contributed by atoms with E-state index in [9.17, 15) is 9.59 Å². The van der Waals surface area contributed by atoms with Gasteiger partial charge in [-0.05, 0) is 36.2 Å². The normalized spacial score (nSPS) is 10.6. The Bertz CT molecular complexity index is 728. The Hall–Kier alpha value is -2.27. The number of hydrogen-bond acceptors (Lipinski definition) is 3. The summed E-state index contributed by atoms with van der Waals surface area (Å²) in [5.74, 6) is -1.05. The van der Waals surface area contributed by atoms with E-state index in [4.69, 9.17) is 5.11 Å². The van der Waals surface area contributed by atoms with Crippen molar-refractivity contribution in [1.29, 1.82) is 0 Å². The maximum atomic E-state index is 12.4. The van der Waals surface area contributed by atoms with E-state index >= 15 is 0 Å². The number of rotatable bonds is 7. The van der Waals surface area contributed by atoms with Crippen molar-refractivity contribution in [2.75, 3.05) is 6.54 Å². The van der Waals surface area contributed by atoms with Gasteiger partial charge in [-0.1, -0.05) is 38.1 Å². The van der Waals surface area contributed by atoms with Gasteiger partial charge in [-0.2, -0.15) is 0 Å². The molecule has 0 saturated heterocycles. The zero-order chi connectivity index (χ0) is 17.5. The lowest BCUT2D eigenvalue weighted by Gasteiger charge is -2.11. The van der Waals surface area contributed by atoms with Gasteiger partial charge in [0.05, 0.1) is 11.1 Å². The minimum atomic E-state index is -0.944. The van der Waals surface area contributed by atoms with Crippen LogP contribution in [0.4, 0.5) is 0 Å². The first-order chi connectivity index (χ1) is 11.5. The van der Waals surface area contributed by atoms with Gasteiger partial charge in [0, 0.05) is 16.7 Å². The van der Waals surface area contributed by atoms with E-state index < -0.39 is 5.97 Å². The minimum Gasteiger partial charge on any atom is -0.478 e. The maximum Gasteiger partial charge on any atom is 0.335 e. The number of benzene rings is 2. The lowest BCUT2D eigenvalue weighted by Crippen LogP contribution is -2.26. The van der Waals surface area contributed by atoms with Gasteiger partial charge < -0.3 is 10.4 Å². The van der Waals surface area contributed by atoms with Crippen LogP contribution in [0.5, 0.6) is 0 Å². The summed E-state index contributed by atoms with van der Waals surface area (Å²) in [6.45, 7) is 4.65. The first-order valence-corrected chi connectivity index (χ1v) is 8.71. The molecular formula is C19H21NO3S. The van der Waals surface area contributed by atoms with E-state index in [1.165, 1.54) is 0 Å². The molecule has 5 heteroatoms. The largest absolute Gasteiger partial charge is 0.478 e. The molecule has 0 fully saturated rings. The molecule has 0 aliphatic carbocycles. The van der Waals surface area contributed by atoms with Crippen molar-refractivity contribution in [3.8, 4) is 0 Å². The van der Waals surface area contributed by atoms with E-state index in [2.05, 4.69) is 19.2 Å². The van der Waals surface area contributed by atoms with Gasteiger partial charge >= 0.3 is 5.97 Å². The Morgan fingerprint density at radius 2 is 1.88 bits per heavy atom. The molecule has 2 aromatic carbocycles. The molecule has 0 aliphatic rings. The highest BCUT2D eigenvalue weighted by Gasteiger charge is 2.12. The summed E-state index contributed by atoms with van der Waals surface area (Å²) in [6.07, 6.45) is 0.590. The number of amides is 1. The van der Waals surface area contributed by atoms with Crippen molar-refractivity contribution in [1.82, 2.24) is 5.32 Å². The van der Waals surface area contributed by atoms with Gasteiger partial charge in [0.1, 0.15) is 0 Å². The zero-order valence-corrected chi connectivity index (χ0v) is 14.6. The molecule has 0 bridgehead atoms. The van der Waals surface area contributed by atoms with Gasteiger partial charge in [0.2, 0.25) is 0 Å². The molecule has 0 radical (unpaired) electrons. The minimum absolute atomic E-state index is 0.104. The van der Waals surface area contributed by atoms with Crippen molar-refractivity contribution in [2.45, 2.75) is 30.4 Å². The summed E-state index contributed by atoms with van der Waals surface area (Å²) >= 11 is 1.66. The number of hydrogen-bond donors (Lipinski definition) is 2. The van der Waals surface area contributed by atoms with Crippen LogP contribution in [-0.4, -0.2) is 28.8 Å². The number of aromatic carboxylic acids is 1. The average molecular weight is 343 g/mol. The molecular weight excluding hydrogens is 322 g/mol.